The fraction of sp³-hybridized carbons (Fsp3) is 0.429. The Bertz CT molecular complexity index is 1070. The van der Waals surface area contributed by atoms with Crippen LogP contribution in [0.2, 0.25) is 0 Å². The molecule has 3 aromatic rings. The number of halogens is 4. The smallest absolute Gasteiger partial charge is 0.206 e. The minimum atomic E-state index is -4.68. The van der Waals surface area contributed by atoms with Crippen molar-refractivity contribution >= 4 is 10.8 Å². The number of alkyl halides is 3. The van der Waals surface area contributed by atoms with Crippen LogP contribution in [0, 0.1) is 11.7 Å². The first kappa shape index (κ1) is 22.8. The fourth-order valence-electron chi connectivity index (χ4n) is 5.40. The van der Waals surface area contributed by atoms with E-state index in [0.29, 0.717) is 11.5 Å². The summed E-state index contributed by atoms with van der Waals surface area (Å²) in [6.07, 6.45) is 4.17. The average molecular weight is 443 g/mol. The van der Waals surface area contributed by atoms with Gasteiger partial charge in [0.1, 0.15) is 5.82 Å². The zero-order valence-electron chi connectivity index (χ0n) is 18.5. The van der Waals surface area contributed by atoms with E-state index in [1.807, 2.05) is 12.1 Å². The largest absolute Gasteiger partial charge is 0.419 e. The molecule has 0 spiro atoms. The van der Waals surface area contributed by atoms with Crippen LogP contribution in [0.1, 0.15) is 80.0 Å². The predicted octanol–water partition coefficient (Wildman–Crippen LogP) is 9.05. The van der Waals surface area contributed by atoms with Gasteiger partial charge >= 0.3 is 6.18 Å². The first-order chi connectivity index (χ1) is 15.4. The van der Waals surface area contributed by atoms with Gasteiger partial charge in [-0.15, -0.1) is 0 Å². The highest BCUT2D eigenvalue weighted by Gasteiger charge is 2.36. The van der Waals surface area contributed by atoms with Crippen LogP contribution in [0.5, 0.6) is 0 Å². The van der Waals surface area contributed by atoms with E-state index in [1.54, 1.807) is 0 Å². The molecule has 0 saturated carbocycles. The van der Waals surface area contributed by atoms with Gasteiger partial charge in [-0.3, -0.25) is 0 Å². The Balaban J connectivity index is 1.72. The summed E-state index contributed by atoms with van der Waals surface area (Å²) in [4.78, 5) is 0. The summed E-state index contributed by atoms with van der Waals surface area (Å²) < 4.78 is 54.0. The number of hydrogen-bond donors (Lipinski definition) is 0. The molecule has 170 valence electrons. The Morgan fingerprint density at radius 1 is 0.906 bits per heavy atom. The molecule has 0 aromatic heterocycles. The second kappa shape index (κ2) is 9.64. The maximum Gasteiger partial charge on any atom is 0.419 e. The van der Waals surface area contributed by atoms with E-state index < -0.39 is 17.6 Å². The van der Waals surface area contributed by atoms with E-state index in [4.69, 9.17) is 0 Å². The summed E-state index contributed by atoms with van der Waals surface area (Å²) in [5.41, 5.74) is 1.88. The van der Waals surface area contributed by atoms with E-state index in [2.05, 4.69) is 31.2 Å². The molecule has 0 amide bonds. The van der Waals surface area contributed by atoms with Gasteiger partial charge in [-0.2, -0.15) is 13.2 Å². The van der Waals surface area contributed by atoms with E-state index in [9.17, 15) is 17.6 Å². The van der Waals surface area contributed by atoms with Gasteiger partial charge in [0.25, 0.3) is 0 Å². The molecule has 4 rings (SSSR count). The summed E-state index contributed by atoms with van der Waals surface area (Å²) in [5, 5.41) is 2.37. The molecule has 32 heavy (non-hydrogen) atoms. The molecular weight excluding hydrogens is 412 g/mol. The molecule has 0 radical (unpaired) electrons. The van der Waals surface area contributed by atoms with Crippen LogP contribution in [0.3, 0.4) is 0 Å². The van der Waals surface area contributed by atoms with Crippen molar-refractivity contribution in [3.8, 4) is 0 Å². The first-order valence-corrected chi connectivity index (χ1v) is 11.8. The summed E-state index contributed by atoms with van der Waals surface area (Å²) in [6.45, 7) is 2.19. The third-order valence-corrected chi connectivity index (χ3v) is 6.98. The molecule has 0 unspecified atom stereocenters. The molecule has 0 heterocycles. The van der Waals surface area contributed by atoms with Crippen molar-refractivity contribution in [3.63, 3.8) is 0 Å². The zero-order chi connectivity index (χ0) is 22.7. The normalized spacial score (nSPS) is 18.7. The molecule has 3 aromatic carbocycles. The Hall–Kier alpha value is -2.36. The van der Waals surface area contributed by atoms with Crippen molar-refractivity contribution < 1.29 is 17.6 Å². The van der Waals surface area contributed by atoms with Crippen LogP contribution in [0.4, 0.5) is 17.6 Å². The number of fused-ring (bicyclic) bond motifs is 3. The van der Waals surface area contributed by atoms with Crippen LogP contribution < -0.4 is 0 Å². The van der Waals surface area contributed by atoms with E-state index in [1.165, 1.54) is 48.1 Å². The van der Waals surface area contributed by atoms with Crippen LogP contribution in [0.15, 0.2) is 54.6 Å². The van der Waals surface area contributed by atoms with Crippen LogP contribution >= 0.6 is 0 Å². The zero-order valence-corrected chi connectivity index (χ0v) is 18.5. The molecular formula is C28H30F4. The maximum absolute atomic E-state index is 14.5. The van der Waals surface area contributed by atoms with E-state index in [-0.39, 0.29) is 5.92 Å². The number of rotatable bonds is 7. The van der Waals surface area contributed by atoms with Crippen molar-refractivity contribution in [2.24, 2.45) is 5.92 Å². The van der Waals surface area contributed by atoms with Crippen molar-refractivity contribution in [2.45, 2.75) is 70.4 Å². The molecule has 4 heteroatoms. The average Bonchev–Trinajstić information content (AvgIpc) is 2.77. The quantitative estimate of drug-likeness (QED) is 0.253. The van der Waals surface area contributed by atoms with Crippen molar-refractivity contribution in [1.82, 2.24) is 0 Å². The molecule has 0 nitrogen and oxygen atoms in total. The van der Waals surface area contributed by atoms with E-state index >= 15 is 0 Å². The molecule has 0 aliphatic heterocycles. The minimum Gasteiger partial charge on any atom is -0.206 e. The molecule has 0 fully saturated rings. The van der Waals surface area contributed by atoms with Crippen LogP contribution in [0.25, 0.3) is 10.8 Å². The highest BCUT2D eigenvalue weighted by Crippen LogP contribution is 2.46. The molecule has 1 aliphatic rings. The second-order valence-electron chi connectivity index (χ2n) is 9.07. The highest BCUT2D eigenvalue weighted by molar-refractivity contribution is 5.87. The van der Waals surface area contributed by atoms with Crippen molar-refractivity contribution in [3.05, 3.63) is 82.7 Å². The molecule has 2 atom stereocenters. The van der Waals surface area contributed by atoms with Crippen molar-refractivity contribution in [1.29, 1.82) is 0 Å². The third-order valence-electron chi connectivity index (χ3n) is 6.98. The maximum atomic E-state index is 14.5. The summed E-state index contributed by atoms with van der Waals surface area (Å²) in [6, 6.07) is 16.0. The summed E-state index contributed by atoms with van der Waals surface area (Å²) in [5.74, 6) is -0.947. The van der Waals surface area contributed by atoms with Gasteiger partial charge in [-0.25, -0.2) is 4.39 Å². The molecule has 0 N–H and O–H groups in total. The minimum absolute atomic E-state index is 0.0775. The number of unbranched alkanes of at least 4 members (excludes halogenated alkanes) is 4. The first-order valence-electron chi connectivity index (χ1n) is 11.8. The Morgan fingerprint density at radius 2 is 1.69 bits per heavy atom. The number of benzene rings is 3. The van der Waals surface area contributed by atoms with Gasteiger partial charge in [-0.05, 0) is 64.8 Å². The Morgan fingerprint density at radius 3 is 2.44 bits per heavy atom. The fourth-order valence-corrected chi connectivity index (χ4v) is 5.40. The van der Waals surface area contributed by atoms with Gasteiger partial charge in [0.2, 0.25) is 0 Å². The van der Waals surface area contributed by atoms with Gasteiger partial charge in [0.15, 0.2) is 0 Å². The van der Waals surface area contributed by atoms with Crippen LogP contribution in [-0.2, 0) is 12.6 Å². The monoisotopic (exact) mass is 442 g/mol. The SMILES string of the molecule is CCCCCCC[C@@H]1CCc2c(ccc3ccccc23)[C@H]1c1ccc(C(F)(F)F)c(F)c1. The second-order valence-corrected chi connectivity index (χ2v) is 9.07. The topological polar surface area (TPSA) is 0 Å². The Labute approximate surface area is 187 Å². The lowest BCUT2D eigenvalue weighted by molar-refractivity contribution is -0.140. The van der Waals surface area contributed by atoms with Crippen LogP contribution in [-0.4, -0.2) is 0 Å². The predicted molar refractivity (Wildman–Crippen MR) is 122 cm³/mol. The standard InChI is InChI=1S/C28H30F4/c1-2-3-4-5-6-10-20-13-15-23-22-11-8-7-9-19(22)12-16-24(23)27(20)21-14-17-25(26(29)18-21)28(30,31)32/h7-9,11-12,14,16-18,20,27H,2-6,10,13,15H2,1H3/t20-,27-/m1/s1. The third kappa shape index (κ3) is 4.69. The summed E-state index contributed by atoms with van der Waals surface area (Å²) in [7, 11) is 0. The van der Waals surface area contributed by atoms with Crippen molar-refractivity contribution in [2.75, 3.05) is 0 Å². The van der Waals surface area contributed by atoms with Gasteiger partial charge in [0.05, 0.1) is 5.56 Å². The lowest BCUT2D eigenvalue weighted by Crippen LogP contribution is -2.23. The lowest BCUT2D eigenvalue weighted by atomic mass is 9.69. The van der Waals surface area contributed by atoms with Gasteiger partial charge < -0.3 is 0 Å². The number of aryl methyl sites for hydroxylation is 1. The Kier molecular flexibility index (Phi) is 6.88. The number of hydrogen-bond acceptors (Lipinski definition) is 0. The summed E-state index contributed by atoms with van der Waals surface area (Å²) >= 11 is 0. The lowest BCUT2D eigenvalue weighted by Gasteiger charge is -2.35. The molecule has 0 bridgehead atoms. The van der Waals surface area contributed by atoms with Gasteiger partial charge in [-0.1, -0.05) is 81.5 Å². The van der Waals surface area contributed by atoms with Gasteiger partial charge in [0, 0.05) is 5.92 Å². The molecule has 1 aliphatic carbocycles. The van der Waals surface area contributed by atoms with E-state index in [0.717, 1.165) is 43.4 Å². The molecule has 0 saturated heterocycles. The highest BCUT2D eigenvalue weighted by atomic mass is 19.4.